The van der Waals surface area contributed by atoms with Crippen LogP contribution in [0, 0.1) is 6.92 Å². The van der Waals surface area contributed by atoms with Gasteiger partial charge in [0.15, 0.2) is 0 Å². The molecular formula is C15H21N3. The number of aryl methyl sites for hydroxylation is 2. The molecular weight excluding hydrogens is 222 g/mol. The molecule has 0 bridgehead atoms. The van der Waals surface area contributed by atoms with Gasteiger partial charge in [-0.3, -0.25) is 0 Å². The SMILES string of the molecule is CNCC1(c2ccc3c(c2)nc(C)n3C)CCC1. The van der Waals surface area contributed by atoms with Crippen molar-refractivity contribution in [2.24, 2.45) is 7.05 Å². The van der Waals surface area contributed by atoms with Gasteiger partial charge in [0.2, 0.25) is 0 Å². The Bertz CT molecular complexity index is 579. The Labute approximate surface area is 108 Å². The third-order valence-corrected chi connectivity index (χ3v) is 4.54. The molecule has 0 unspecified atom stereocenters. The maximum absolute atomic E-state index is 4.65. The van der Waals surface area contributed by atoms with Crippen LogP contribution in [0.3, 0.4) is 0 Å². The number of rotatable bonds is 3. The van der Waals surface area contributed by atoms with E-state index in [-0.39, 0.29) is 0 Å². The summed E-state index contributed by atoms with van der Waals surface area (Å²) in [6.45, 7) is 3.14. The van der Waals surface area contributed by atoms with Crippen LogP contribution in [0.2, 0.25) is 0 Å². The first kappa shape index (κ1) is 11.7. The molecule has 3 nitrogen and oxygen atoms in total. The molecule has 1 aromatic carbocycles. The molecule has 0 amide bonds. The molecule has 1 saturated carbocycles. The van der Waals surface area contributed by atoms with Crippen molar-refractivity contribution in [1.29, 1.82) is 0 Å². The zero-order chi connectivity index (χ0) is 12.8. The predicted octanol–water partition coefficient (Wildman–Crippen LogP) is 2.52. The fraction of sp³-hybridized carbons (Fsp3) is 0.533. The Hall–Kier alpha value is -1.35. The average Bonchev–Trinajstić information content (AvgIpc) is 2.59. The van der Waals surface area contributed by atoms with E-state index in [9.17, 15) is 0 Å². The molecule has 0 saturated heterocycles. The van der Waals surface area contributed by atoms with E-state index in [4.69, 9.17) is 0 Å². The van der Waals surface area contributed by atoms with Gasteiger partial charge in [0, 0.05) is 19.0 Å². The zero-order valence-electron chi connectivity index (χ0n) is 11.5. The first-order chi connectivity index (χ1) is 8.66. The minimum atomic E-state index is 0.356. The smallest absolute Gasteiger partial charge is 0.106 e. The lowest BCUT2D eigenvalue weighted by molar-refractivity contribution is 0.239. The number of imidazole rings is 1. The van der Waals surface area contributed by atoms with Crippen LogP contribution in [0.4, 0.5) is 0 Å². The first-order valence-corrected chi connectivity index (χ1v) is 6.74. The Kier molecular flexibility index (Phi) is 2.67. The summed E-state index contributed by atoms with van der Waals surface area (Å²) < 4.78 is 2.16. The van der Waals surface area contributed by atoms with Crippen LogP contribution < -0.4 is 5.32 Å². The predicted molar refractivity (Wildman–Crippen MR) is 74.9 cm³/mol. The summed E-state index contributed by atoms with van der Waals surface area (Å²) in [5, 5.41) is 3.35. The molecule has 1 aliphatic carbocycles. The molecule has 0 atom stereocenters. The molecule has 1 heterocycles. The molecule has 1 aliphatic rings. The van der Waals surface area contributed by atoms with E-state index in [1.165, 1.54) is 30.3 Å². The first-order valence-electron chi connectivity index (χ1n) is 6.74. The maximum Gasteiger partial charge on any atom is 0.106 e. The number of benzene rings is 1. The highest BCUT2D eigenvalue weighted by atomic mass is 15.0. The zero-order valence-corrected chi connectivity index (χ0v) is 11.5. The normalized spacial score (nSPS) is 17.9. The van der Waals surface area contributed by atoms with E-state index >= 15 is 0 Å². The summed E-state index contributed by atoms with van der Waals surface area (Å²) in [4.78, 5) is 4.65. The fourth-order valence-corrected chi connectivity index (χ4v) is 3.16. The van der Waals surface area contributed by atoms with Crippen LogP contribution in [0.5, 0.6) is 0 Å². The summed E-state index contributed by atoms with van der Waals surface area (Å²) in [5.74, 6) is 1.08. The van der Waals surface area contributed by atoms with Crippen LogP contribution in [-0.4, -0.2) is 23.1 Å². The summed E-state index contributed by atoms with van der Waals surface area (Å²) in [5.41, 5.74) is 4.17. The number of aromatic nitrogens is 2. The number of hydrogen-bond donors (Lipinski definition) is 1. The Morgan fingerprint density at radius 1 is 1.39 bits per heavy atom. The van der Waals surface area contributed by atoms with Crippen molar-refractivity contribution in [2.75, 3.05) is 13.6 Å². The molecule has 1 aromatic heterocycles. The molecule has 1 N–H and O–H groups in total. The summed E-state index contributed by atoms with van der Waals surface area (Å²) in [6, 6.07) is 6.80. The van der Waals surface area contributed by atoms with E-state index < -0.39 is 0 Å². The van der Waals surface area contributed by atoms with E-state index in [1.807, 2.05) is 7.05 Å². The van der Waals surface area contributed by atoms with Crippen LogP contribution in [-0.2, 0) is 12.5 Å². The monoisotopic (exact) mass is 243 g/mol. The molecule has 0 aliphatic heterocycles. The van der Waals surface area contributed by atoms with Crippen LogP contribution in [0.15, 0.2) is 18.2 Å². The van der Waals surface area contributed by atoms with Gasteiger partial charge < -0.3 is 9.88 Å². The second-order valence-electron chi connectivity index (χ2n) is 5.59. The van der Waals surface area contributed by atoms with E-state index in [1.54, 1.807) is 0 Å². The van der Waals surface area contributed by atoms with Gasteiger partial charge in [-0.2, -0.15) is 0 Å². The van der Waals surface area contributed by atoms with Crippen LogP contribution in [0.1, 0.15) is 30.7 Å². The number of hydrogen-bond acceptors (Lipinski definition) is 2. The standard InChI is InChI=1S/C15H21N3/c1-11-17-13-9-12(5-6-14(13)18(11)3)15(10-16-2)7-4-8-15/h5-6,9,16H,4,7-8,10H2,1-3H3. The van der Waals surface area contributed by atoms with Gasteiger partial charge in [-0.05, 0) is 44.5 Å². The highest BCUT2D eigenvalue weighted by molar-refractivity contribution is 5.77. The molecule has 96 valence electrons. The van der Waals surface area contributed by atoms with Crippen molar-refractivity contribution < 1.29 is 0 Å². The topological polar surface area (TPSA) is 29.9 Å². The lowest BCUT2D eigenvalue weighted by atomic mass is 9.64. The van der Waals surface area contributed by atoms with Crippen molar-refractivity contribution in [3.05, 3.63) is 29.6 Å². The second-order valence-corrected chi connectivity index (χ2v) is 5.59. The van der Waals surface area contributed by atoms with Crippen molar-refractivity contribution in [1.82, 2.24) is 14.9 Å². The highest BCUT2D eigenvalue weighted by Crippen LogP contribution is 2.43. The molecule has 3 rings (SSSR count). The van der Waals surface area contributed by atoms with Gasteiger partial charge >= 0.3 is 0 Å². The van der Waals surface area contributed by atoms with E-state index in [0.717, 1.165) is 17.9 Å². The molecule has 1 fully saturated rings. The molecule has 2 aromatic rings. The largest absolute Gasteiger partial charge is 0.331 e. The Balaban J connectivity index is 2.07. The second kappa shape index (κ2) is 4.09. The van der Waals surface area contributed by atoms with Gasteiger partial charge in [0.05, 0.1) is 11.0 Å². The molecule has 0 radical (unpaired) electrons. The number of likely N-dealkylation sites (N-methyl/N-ethyl adjacent to an activating group) is 1. The Morgan fingerprint density at radius 2 is 2.17 bits per heavy atom. The van der Waals surface area contributed by atoms with Crippen LogP contribution in [0.25, 0.3) is 11.0 Å². The van der Waals surface area contributed by atoms with Crippen LogP contribution >= 0.6 is 0 Å². The summed E-state index contributed by atoms with van der Waals surface area (Å²) >= 11 is 0. The summed E-state index contributed by atoms with van der Waals surface area (Å²) in [7, 11) is 4.13. The van der Waals surface area contributed by atoms with Gasteiger partial charge in [-0.15, -0.1) is 0 Å². The average molecular weight is 243 g/mol. The summed E-state index contributed by atoms with van der Waals surface area (Å²) in [6.07, 6.45) is 3.94. The Morgan fingerprint density at radius 3 is 2.78 bits per heavy atom. The third-order valence-electron chi connectivity index (χ3n) is 4.54. The quantitative estimate of drug-likeness (QED) is 0.897. The lowest BCUT2D eigenvalue weighted by Gasteiger charge is -2.42. The van der Waals surface area contributed by atoms with E-state index in [2.05, 4.69) is 47.0 Å². The van der Waals surface area contributed by atoms with Gasteiger partial charge in [0.1, 0.15) is 5.82 Å². The van der Waals surface area contributed by atoms with Crippen molar-refractivity contribution in [3.63, 3.8) is 0 Å². The fourth-order valence-electron chi connectivity index (χ4n) is 3.16. The number of nitrogens with one attached hydrogen (secondary N) is 1. The highest BCUT2D eigenvalue weighted by Gasteiger charge is 2.38. The minimum absolute atomic E-state index is 0.356. The van der Waals surface area contributed by atoms with Gasteiger partial charge in [-0.25, -0.2) is 4.98 Å². The van der Waals surface area contributed by atoms with E-state index in [0.29, 0.717) is 5.41 Å². The number of fused-ring (bicyclic) bond motifs is 1. The van der Waals surface area contributed by atoms with Crippen molar-refractivity contribution in [3.8, 4) is 0 Å². The lowest BCUT2D eigenvalue weighted by Crippen LogP contribution is -2.42. The van der Waals surface area contributed by atoms with Crippen molar-refractivity contribution >= 4 is 11.0 Å². The third kappa shape index (κ3) is 1.57. The molecule has 0 spiro atoms. The van der Waals surface area contributed by atoms with Gasteiger partial charge in [-0.1, -0.05) is 12.5 Å². The molecule has 3 heteroatoms. The minimum Gasteiger partial charge on any atom is -0.331 e. The maximum atomic E-state index is 4.65. The van der Waals surface area contributed by atoms with Gasteiger partial charge in [0.25, 0.3) is 0 Å². The molecule has 18 heavy (non-hydrogen) atoms. The number of nitrogens with zero attached hydrogens (tertiary/aromatic N) is 2. The van der Waals surface area contributed by atoms with Crippen molar-refractivity contribution in [2.45, 2.75) is 31.6 Å².